The highest BCUT2D eigenvalue weighted by atomic mass is 32.2. The van der Waals surface area contributed by atoms with E-state index < -0.39 is 0 Å². The molecule has 0 amide bonds. The number of rotatable bonds is 3. The first-order valence-electron chi connectivity index (χ1n) is 5.60. The molecule has 3 heteroatoms. The number of hydrogen-bond donors (Lipinski definition) is 0. The summed E-state index contributed by atoms with van der Waals surface area (Å²) in [5.41, 5.74) is 0.564. The predicted molar refractivity (Wildman–Crippen MR) is 65.3 cm³/mol. The van der Waals surface area contributed by atoms with Crippen molar-refractivity contribution in [1.82, 2.24) is 0 Å². The summed E-state index contributed by atoms with van der Waals surface area (Å²) in [5, 5.41) is 0. The zero-order valence-electron chi connectivity index (χ0n) is 9.06. The molecule has 1 saturated heterocycles. The number of carbonyl (C=O) groups is 1. The van der Waals surface area contributed by atoms with E-state index in [1.54, 1.807) is 18.2 Å². The molecule has 86 valence electrons. The second kappa shape index (κ2) is 5.48. The van der Waals surface area contributed by atoms with Crippen molar-refractivity contribution in [2.45, 2.75) is 18.8 Å². The monoisotopic (exact) mass is 238 g/mol. The third kappa shape index (κ3) is 2.46. The van der Waals surface area contributed by atoms with Crippen molar-refractivity contribution in [2.75, 3.05) is 11.5 Å². The van der Waals surface area contributed by atoms with E-state index in [0.717, 1.165) is 30.6 Å². The SMILES string of the molecule is O=CC(c1ccccc1F)C1CCSCC1. The van der Waals surface area contributed by atoms with Crippen molar-refractivity contribution < 1.29 is 9.18 Å². The number of aldehydes is 1. The molecule has 1 atom stereocenters. The van der Waals surface area contributed by atoms with Crippen LogP contribution in [0.1, 0.15) is 24.3 Å². The van der Waals surface area contributed by atoms with E-state index in [0.29, 0.717) is 11.5 Å². The summed E-state index contributed by atoms with van der Waals surface area (Å²) in [7, 11) is 0. The molecule has 1 nitrogen and oxygen atoms in total. The van der Waals surface area contributed by atoms with E-state index in [1.165, 1.54) is 6.07 Å². The van der Waals surface area contributed by atoms with Crippen LogP contribution in [-0.4, -0.2) is 17.8 Å². The first-order chi connectivity index (χ1) is 7.83. The summed E-state index contributed by atoms with van der Waals surface area (Å²) in [4.78, 5) is 11.2. The van der Waals surface area contributed by atoms with Crippen LogP contribution in [0.25, 0.3) is 0 Å². The lowest BCUT2D eigenvalue weighted by Gasteiger charge is -2.26. The molecule has 1 unspecified atom stereocenters. The molecule has 1 heterocycles. The summed E-state index contributed by atoms with van der Waals surface area (Å²) in [5.74, 6) is 1.97. The Hall–Kier alpha value is -0.830. The highest BCUT2D eigenvalue weighted by Gasteiger charge is 2.26. The highest BCUT2D eigenvalue weighted by molar-refractivity contribution is 7.99. The van der Waals surface area contributed by atoms with Crippen molar-refractivity contribution in [3.8, 4) is 0 Å². The van der Waals surface area contributed by atoms with E-state index in [1.807, 2.05) is 11.8 Å². The van der Waals surface area contributed by atoms with Gasteiger partial charge in [0.2, 0.25) is 0 Å². The fourth-order valence-electron chi connectivity index (χ4n) is 2.26. The van der Waals surface area contributed by atoms with Crippen molar-refractivity contribution in [2.24, 2.45) is 5.92 Å². The Balaban J connectivity index is 2.21. The second-order valence-corrected chi connectivity index (χ2v) is 5.36. The third-order valence-corrected chi connectivity index (χ3v) is 4.23. The summed E-state index contributed by atoms with van der Waals surface area (Å²) in [6, 6.07) is 6.63. The van der Waals surface area contributed by atoms with Gasteiger partial charge in [-0.05, 0) is 41.9 Å². The third-order valence-electron chi connectivity index (χ3n) is 3.18. The zero-order chi connectivity index (χ0) is 11.4. The smallest absolute Gasteiger partial charge is 0.127 e. The molecular weight excluding hydrogens is 223 g/mol. The average molecular weight is 238 g/mol. The zero-order valence-corrected chi connectivity index (χ0v) is 9.88. The Kier molecular flexibility index (Phi) is 3.99. The molecule has 0 saturated carbocycles. The number of hydrogen-bond acceptors (Lipinski definition) is 2. The molecule has 0 aromatic heterocycles. The van der Waals surface area contributed by atoms with Gasteiger partial charge in [0.05, 0.1) is 0 Å². The molecule has 16 heavy (non-hydrogen) atoms. The number of halogens is 1. The minimum absolute atomic E-state index is 0.252. The van der Waals surface area contributed by atoms with Crippen LogP contribution in [0.4, 0.5) is 4.39 Å². The standard InChI is InChI=1S/C13H15FOS/c14-13-4-2-1-3-11(13)12(9-15)10-5-7-16-8-6-10/h1-4,9-10,12H,5-8H2. The van der Waals surface area contributed by atoms with Crippen molar-refractivity contribution in [1.29, 1.82) is 0 Å². The van der Waals surface area contributed by atoms with Crippen LogP contribution < -0.4 is 0 Å². The van der Waals surface area contributed by atoms with E-state index in [4.69, 9.17) is 0 Å². The first-order valence-corrected chi connectivity index (χ1v) is 6.76. The van der Waals surface area contributed by atoms with Crippen LogP contribution in [0.3, 0.4) is 0 Å². The van der Waals surface area contributed by atoms with E-state index >= 15 is 0 Å². The number of carbonyl (C=O) groups excluding carboxylic acids is 1. The van der Waals surface area contributed by atoms with Gasteiger partial charge in [0, 0.05) is 5.92 Å². The average Bonchev–Trinajstić information content (AvgIpc) is 2.34. The Morgan fingerprint density at radius 2 is 2.00 bits per heavy atom. The molecule has 1 aromatic rings. The van der Waals surface area contributed by atoms with Crippen LogP contribution >= 0.6 is 11.8 Å². The van der Waals surface area contributed by atoms with Gasteiger partial charge in [0.1, 0.15) is 12.1 Å². The van der Waals surface area contributed by atoms with Gasteiger partial charge in [-0.25, -0.2) is 4.39 Å². The molecule has 1 aromatic carbocycles. The quantitative estimate of drug-likeness (QED) is 0.752. The molecular formula is C13H15FOS. The van der Waals surface area contributed by atoms with E-state index in [-0.39, 0.29) is 11.7 Å². The Morgan fingerprint density at radius 1 is 1.31 bits per heavy atom. The Bertz CT molecular complexity index is 361. The normalized spacial score (nSPS) is 19.3. The lowest BCUT2D eigenvalue weighted by molar-refractivity contribution is -0.110. The van der Waals surface area contributed by atoms with Gasteiger partial charge in [0.15, 0.2) is 0 Å². The van der Waals surface area contributed by atoms with Crippen LogP contribution in [0.2, 0.25) is 0 Å². The molecule has 0 aliphatic carbocycles. The van der Waals surface area contributed by atoms with Crippen molar-refractivity contribution in [3.63, 3.8) is 0 Å². The topological polar surface area (TPSA) is 17.1 Å². The fourth-order valence-corrected chi connectivity index (χ4v) is 3.40. The van der Waals surface area contributed by atoms with Gasteiger partial charge in [-0.15, -0.1) is 0 Å². The Labute approximate surface area is 99.4 Å². The maximum atomic E-state index is 13.6. The predicted octanol–water partition coefficient (Wildman–Crippen LogP) is 3.25. The first kappa shape index (κ1) is 11.6. The lowest BCUT2D eigenvalue weighted by Crippen LogP contribution is -2.20. The Morgan fingerprint density at radius 3 is 2.62 bits per heavy atom. The maximum Gasteiger partial charge on any atom is 0.127 e. The van der Waals surface area contributed by atoms with Crippen LogP contribution in [0, 0.1) is 11.7 Å². The minimum Gasteiger partial charge on any atom is -0.303 e. The fraction of sp³-hybridized carbons (Fsp3) is 0.462. The highest BCUT2D eigenvalue weighted by Crippen LogP contribution is 2.34. The summed E-state index contributed by atoms with van der Waals surface area (Å²) < 4.78 is 13.6. The molecule has 0 radical (unpaired) electrons. The number of thioether (sulfide) groups is 1. The summed E-state index contributed by atoms with van der Waals surface area (Å²) in [6.45, 7) is 0. The van der Waals surface area contributed by atoms with Gasteiger partial charge in [-0.3, -0.25) is 0 Å². The molecule has 1 fully saturated rings. The van der Waals surface area contributed by atoms with Gasteiger partial charge >= 0.3 is 0 Å². The van der Waals surface area contributed by atoms with Gasteiger partial charge in [-0.1, -0.05) is 18.2 Å². The van der Waals surface area contributed by atoms with Gasteiger partial charge in [-0.2, -0.15) is 11.8 Å². The minimum atomic E-state index is -0.262. The second-order valence-electron chi connectivity index (χ2n) is 4.13. The van der Waals surface area contributed by atoms with E-state index in [9.17, 15) is 9.18 Å². The van der Waals surface area contributed by atoms with Gasteiger partial charge in [0.25, 0.3) is 0 Å². The van der Waals surface area contributed by atoms with Crippen molar-refractivity contribution >= 4 is 18.0 Å². The van der Waals surface area contributed by atoms with Gasteiger partial charge < -0.3 is 4.79 Å². The molecule has 0 spiro atoms. The summed E-state index contributed by atoms with van der Waals surface area (Å²) in [6.07, 6.45) is 2.95. The summed E-state index contributed by atoms with van der Waals surface area (Å²) >= 11 is 1.92. The molecule has 0 N–H and O–H groups in total. The van der Waals surface area contributed by atoms with E-state index in [2.05, 4.69) is 0 Å². The molecule has 1 aliphatic heterocycles. The van der Waals surface area contributed by atoms with Crippen LogP contribution in [-0.2, 0) is 4.79 Å². The number of benzene rings is 1. The molecule has 0 bridgehead atoms. The van der Waals surface area contributed by atoms with Crippen LogP contribution in [0.5, 0.6) is 0 Å². The lowest BCUT2D eigenvalue weighted by atomic mass is 9.83. The molecule has 1 aliphatic rings. The van der Waals surface area contributed by atoms with Crippen molar-refractivity contribution in [3.05, 3.63) is 35.6 Å². The largest absolute Gasteiger partial charge is 0.303 e. The van der Waals surface area contributed by atoms with Crippen LogP contribution in [0.15, 0.2) is 24.3 Å². The molecule has 2 rings (SSSR count). The maximum absolute atomic E-state index is 13.6.